The van der Waals surface area contributed by atoms with Gasteiger partial charge in [-0.15, -0.1) is 0 Å². The maximum Gasteiger partial charge on any atom is 0.162 e. The van der Waals surface area contributed by atoms with Crippen molar-refractivity contribution in [3.05, 3.63) is 77.9 Å². The van der Waals surface area contributed by atoms with Crippen molar-refractivity contribution < 1.29 is 0 Å². The minimum absolute atomic E-state index is 0.300. The van der Waals surface area contributed by atoms with Gasteiger partial charge in [0, 0.05) is 29.6 Å². The molecule has 4 aromatic heterocycles. The molecular formula is C29H27N9. The lowest BCUT2D eigenvalue weighted by molar-refractivity contribution is 0.368. The number of hydrogen-bond donors (Lipinski definition) is 3. The fourth-order valence-corrected chi connectivity index (χ4v) is 4.83. The normalized spacial score (nSPS) is 18.4. The van der Waals surface area contributed by atoms with E-state index in [1.807, 2.05) is 31.3 Å². The number of aromatic nitrogens is 5. The Labute approximate surface area is 220 Å². The first-order valence-corrected chi connectivity index (χ1v) is 12.7. The lowest BCUT2D eigenvalue weighted by Crippen LogP contribution is -2.42. The highest BCUT2D eigenvalue weighted by Gasteiger charge is 2.24. The fourth-order valence-electron chi connectivity index (χ4n) is 4.83. The first-order chi connectivity index (χ1) is 18.6. The lowest BCUT2D eigenvalue weighted by Gasteiger charge is -2.31. The van der Waals surface area contributed by atoms with E-state index in [1.165, 1.54) is 0 Å². The lowest BCUT2D eigenvalue weighted by atomic mass is 9.94. The predicted octanol–water partition coefficient (Wildman–Crippen LogP) is 4.77. The van der Waals surface area contributed by atoms with Crippen molar-refractivity contribution in [2.45, 2.75) is 26.3 Å². The predicted molar refractivity (Wildman–Crippen MR) is 149 cm³/mol. The average Bonchev–Trinajstić information content (AvgIpc) is 2.89. The third kappa shape index (κ3) is 4.58. The van der Waals surface area contributed by atoms with Crippen molar-refractivity contribution in [1.29, 1.82) is 5.26 Å². The number of hydrogen-bond acceptors (Lipinski definition) is 9. The zero-order valence-electron chi connectivity index (χ0n) is 21.2. The monoisotopic (exact) mass is 501 g/mol. The van der Waals surface area contributed by atoms with Crippen LogP contribution in [-0.4, -0.2) is 44.1 Å². The molecule has 9 heteroatoms. The second kappa shape index (κ2) is 10.00. The Morgan fingerprint density at radius 1 is 1.11 bits per heavy atom. The fraction of sp³-hybridized carbons (Fsp3) is 0.241. The zero-order valence-corrected chi connectivity index (χ0v) is 21.2. The zero-order chi connectivity index (χ0) is 26.1. The Balaban J connectivity index is 1.40. The van der Waals surface area contributed by atoms with E-state index in [-0.39, 0.29) is 0 Å². The van der Waals surface area contributed by atoms with E-state index in [0.717, 1.165) is 52.9 Å². The summed E-state index contributed by atoms with van der Waals surface area (Å²) in [5, 5.41) is 20.6. The molecular weight excluding hydrogens is 474 g/mol. The number of anilines is 3. The number of rotatable bonds is 6. The van der Waals surface area contributed by atoms with E-state index >= 15 is 0 Å². The maximum atomic E-state index is 9.19. The van der Waals surface area contributed by atoms with Crippen molar-refractivity contribution in [3.8, 4) is 17.5 Å². The van der Waals surface area contributed by atoms with Crippen molar-refractivity contribution >= 4 is 33.9 Å². The average molecular weight is 502 g/mol. The molecule has 1 aliphatic heterocycles. The quantitative estimate of drug-likeness (QED) is 0.343. The SMILES string of the molecule is Cc1nc(Nc2cc(-c3nc(N[C@@H]4CCNC[C@@H]4C)c4c(C5=CC=C5)cncc4n3)ccn2)ccc1C#N. The van der Waals surface area contributed by atoms with Gasteiger partial charge in [0.2, 0.25) is 0 Å². The van der Waals surface area contributed by atoms with Gasteiger partial charge in [0.05, 0.1) is 28.4 Å². The smallest absolute Gasteiger partial charge is 0.162 e. The molecule has 3 N–H and O–H groups in total. The summed E-state index contributed by atoms with van der Waals surface area (Å²) >= 11 is 0. The van der Waals surface area contributed by atoms with Crippen LogP contribution in [0.1, 0.15) is 30.2 Å². The molecule has 1 aliphatic carbocycles. The van der Waals surface area contributed by atoms with Crippen LogP contribution in [0.15, 0.2) is 61.1 Å². The van der Waals surface area contributed by atoms with Gasteiger partial charge in [0.1, 0.15) is 23.5 Å². The minimum atomic E-state index is 0.300. The molecule has 4 aromatic rings. The van der Waals surface area contributed by atoms with Crippen molar-refractivity contribution in [1.82, 2.24) is 30.2 Å². The van der Waals surface area contributed by atoms with E-state index in [2.05, 4.69) is 56.0 Å². The maximum absolute atomic E-state index is 9.19. The molecule has 0 radical (unpaired) electrons. The molecule has 1 saturated heterocycles. The largest absolute Gasteiger partial charge is 0.366 e. The van der Waals surface area contributed by atoms with Crippen LogP contribution in [0.25, 0.3) is 27.9 Å². The molecule has 38 heavy (non-hydrogen) atoms. The molecule has 5 heterocycles. The molecule has 1 fully saturated rings. The highest BCUT2D eigenvalue weighted by molar-refractivity contribution is 6.02. The summed E-state index contributed by atoms with van der Waals surface area (Å²) in [6.07, 6.45) is 12.6. The molecule has 0 saturated carbocycles. The van der Waals surface area contributed by atoms with Crippen LogP contribution in [0, 0.1) is 24.2 Å². The summed E-state index contributed by atoms with van der Waals surface area (Å²) in [5.41, 5.74) is 4.97. The Morgan fingerprint density at radius 3 is 2.76 bits per heavy atom. The van der Waals surface area contributed by atoms with E-state index in [0.29, 0.717) is 40.7 Å². The van der Waals surface area contributed by atoms with Crippen LogP contribution in [0.2, 0.25) is 0 Å². The number of piperidine rings is 1. The molecule has 0 bridgehead atoms. The third-order valence-corrected chi connectivity index (χ3v) is 7.06. The molecule has 0 spiro atoms. The Bertz CT molecular complexity index is 1630. The summed E-state index contributed by atoms with van der Waals surface area (Å²) in [5.74, 6) is 3.10. The van der Waals surface area contributed by atoms with E-state index < -0.39 is 0 Å². The third-order valence-electron chi connectivity index (χ3n) is 7.06. The molecule has 0 amide bonds. The topological polar surface area (TPSA) is 124 Å². The number of nitrogens with zero attached hydrogens (tertiary/aromatic N) is 6. The van der Waals surface area contributed by atoms with E-state index in [4.69, 9.17) is 9.97 Å². The van der Waals surface area contributed by atoms with E-state index in [9.17, 15) is 5.26 Å². The molecule has 9 nitrogen and oxygen atoms in total. The van der Waals surface area contributed by atoms with Crippen LogP contribution in [0.4, 0.5) is 17.5 Å². The van der Waals surface area contributed by atoms with Gasteiger partial charge >= 0.3 is 0 Å². The number of allylic oxidation sites excluding steroid dienone is 4. The standard InChI is InChI=1S/C29H27N9/c1-17-14-31-10-9-23(17)35-29-27-22(19-4-3-5-19)15-32-16-24(27)36-28(38-29)20-8-11-33-26(12-20)37-25-7-6-21(13-30)18(2)34-25/h3-8,11-12,15-17,23,31H,9-10,14H2,1-2H3,(H,33,34,37)(H,35,36,38)/t17-,23+/m0/s1. The molecule has 0 aromatic carbocycles. The summed E-state index contributed by atoms with van der Waals surface area (Å²) in [6, 6.07) is 9.76. The van der Waals surface area contributed by atoms with Crippen molar-refractivity contribution in [2.75, 3.05) is 23.7 Å². The van der Waals surface area contributed by atoms with Gasteiger partial charge in [-0.1, -0.05) is 25.2 Å². The number of fused-ring (bicyclic) bond motifs is 1. The molecule has 2 atom stereocenters. The summed E-state index contributed by atoms with van der Waals surface area (Å²) < 4.78 is 0. The molecule has 188 valence electrons. The van der Waals surface area contributed by atoms with Gasteiger partial charge in [-0.25, -0.2) is 19.9 Å². The second-order valence-corrected chi connectivity index (χ2v) is 9.68. The Kier molecular flexibility index (Phi) is 6.23. The number of nitriles is 1. The number of pyridine rings is 3. The van der Waals surface area contributed by atoms with Crippen LogP contribution in [0.5, 0.6) is 0 Å². The van der Waals surface area contributed by atoms with Gasteiger partial charge < -0.3 is 16.0 Å². The van der Waals surface area contributed by atoms with E-state index in [1.54, 1.807) is 24.5 Å². The van der Waals surface area contributed by atoms with Crippen LogP contribution in [0.3, 0.4) is 0 Å². The Morgan fingerprint density at radius 2 is 2.00 bits per heavy atom. The number of nitrogens with one attached hydrogen (secondary N) is 3. The van der Waals surface area contributed by atoms with Crippen LogP contribution >= 0.6 is 0 Å². The van der Waals surface area contributed by atoms with Crippen molar-refractivity contribution in [3.63, 3.8) is 0 Å². The van der Waals surface area contributed by atoms with Gasteiger partial charge in [0.15, 0.2) is 5.82 Å². The molecule has 6 rings (SSSR count). The molecule has 2 aliphatic rings. The highest BCUT2D eigenvalue weighted by Crippen LogP contribution is 2.34. The number of aryl methyl sites for hydroxylation is 1. The minimum Gasteiger partial charge on any atom is -0.366 e. The first-order valence-electron chi connectivity index (χ1n) is 12.7. The van der Waals surface area contributed by atoms with Gasteiger partial charge in [-0.3, -0.25) is 4.98 Å². The molecule has 0 unspecified atom stereocenters. The summed E-state index contributed by atoms with van der Waals surface area (Å²) in [7, 11) is 0. The van der Waals surface area contributed by atoms with Gasteiger partial charge in [-0.05, 0) is 62.2 Å². The highest BCUT2D eigenvalue weighted by atomic mass is 15.1. The second-order valence-electron chi connectivity index (χ2n) is 9.68. The van der Waals surface area contributed by atoms with Gasteiger partial charge in [-0.2, -0.15) is 5.26 Å². The van der Waals surface area contributed by atoms with Crippen LogP contribution in [-0.2, 0) is 0 Å². The Hall–Kier alpha value is -4.68. The van der Waals surface area contributed by atoms with Gasteiger partial charge in [0.25, 0.3) is 0 Å². The first kappa shape index (κ1) is 23.7. The summed E-state index contributed by atoms with van der Waals surface area (Å²) in [4.78, 5) is 23.4. The summed E-state index contributed by atoms with van der Waals surface area (Å²) in [6.45, 7) is 6.01. The van der Waals surface area contributed by atoms with Crippen molar-refractivity contribution in [2.24, 2.45) is 5.92 Å². The van der Waals surface area contributed by atoms with Crippen LogP contribution < -0.4 is 16.0 Å².